The van der Waals surface area contributed by atoms with Gasteiger partial charge in [-0.05, 0) is 23.8 Å². The summed E-state index contributed by atoms with van der Waals surface area (Å²) in [6.07, 6.45) is 0. The first-order valence-corrected chi connectivity index (χ1v) is 8.58. The normalized spacial score (nSPS) is 14.6. The van der Waals surface area contributed by atoms with Gasteiger partial charge in [-0.1, -0.05) is 66.7 Å². The molecule has 28 heavy (non-hydrogen) atoms. The molecule has 0 amide bonds. The average molecular weight is 370 g/mol. The van der Waals surface area contributed by atoms with Crippen molar-refractivity contribution in [2.75, 3.05) is 0 Å². The molecule has 0 unspecified atom stereocenters. The fourth-order valence-corrected chi connectivity index (χ4v) is 3.55. The van der Waals surface area contributed by atoms with Gasteiger partial charge in [0.05, 0.1) is 32.1 Å². The van der Waals surface area contributed by atoms with E-state index in [9.17, 15) is 20.2 Å². The van der Waals surface area contributed by atoms with Gasteiger partial charge in [-0.15, -0.1) is 0 Å². The number of fused-ring (bicyclic) bond motifs is 1. The van der Waals surface area contributed by atoms with Crippen molar-refractivity contribution in [2.24, 2.45) is 0 Å². The molecule has 0 aromatic heterocycles. The van der Waals surface area contributed by atoms with Crippen LogP contribution in [0.3, 0.4) is 0 Å². The Bertz CT molecular complexity index is 1150. The van der Waals surface area contributed by atoms with E-state index in [0.29, 0.717) is 22.3 Å². The predicted octanol–water partition coefficient (Wildman–Crippen LogP) is 4.99. The lowest BCUT2D eigenvalue weighted by Crippen LogP contribution is -2.03. The Labute approximate surface area is 160 Å². The van der Waals surface area contributed by atoms with Crippen LogP contribution in [0.15, 0.2) is 84.9 Å². The Hall–Kier alpha value is -4.06. The van der Waals surface area contributed by atoms with Gasteiger partial charge in [0.25, 0.3) is 11.4 Å². The molecule has 6 heteroatoms. The van der Waals surface area contributed by atoms with E-state index in [-0.39, 0.29) is 22.5 Å². The highest BCUT2D eigenvalue weighted by Gasteiger charge is 2.40. The number of rotatable bonds is 4. The van der Waals surface area contributed by atoms with Crippen LogP contribution in [0.2, 0.25) is 0 Å². The van der Waals surface area contributed by atoms with Crippen LogP contribution in [0.4, 0.5) is 0 Å². The molecule has 0 saturated heterocycles. The molecular formula is C22H14N2O4. The van der Waals surface area contributed by atoms with E-state index in [1.807, 2.05) is 0 Å². The Morgan fingerprint density at radius 2 is 1.21 bits per heavy atom. The van der Waals surface area contributed by atoms with E-state index < -0.39 is 9.85 Å². The van der Waals surface area contributed by atoms with Crippen molar-refractivity contribution >= 4 is 22.5 Å². The minimum atomic E-state index is -0.465. The van der Waals surface area contributed by atoms with E-state index >= 15 is 0 Å². The van der Waals surface area contributed by atoms with Crippen molar-refractivity contribution in [3.8, 4) is 0 Å². The molecular weight excluding hydrogens is 356 g/mol. The molecule has 3 aromatic rings. The molecule has 3 aromatic carbocycles. The maximum absolute atomic E-state index is 12.1. The van der Waals surface area contributed by atoms with Crippen LogP contribution in [-0.2, 0) is 0 Å². The average Bonchev–Trinajstić information content (AvgIpc) is 3.05. The molecule has 0 saturated carbocycles. The van der Waals surface area contributed by atoms with Crippen LogP contribution in [0.1, 0.15) is 22.3 Å². The second-order valence-electron chi connectivity index (χ2n) is 6.24. The second-order valence-corrected chi connectivity index (χ2v) is 6.24. The summed E-state index contributed by atoms with van der Waals surface area (Å²) in [4.78, 5) is 23.2. The van der Waals surface area contributed by atoms with E-state index in [1.54, 1.807) is 84.9 Å². The minimum absolute atomic E-state index is 0.118. The number of hydrogen-bond donors (Lipinski definition) is 0. The molecule has 0 atom stereocenters. The maximum atomic E-state index is 12.1. The first kappa shape index (κ1) is 17.4. The lowest BCUT2D eigenvalue weighted by Gasteiger charge is -2.09. The molecule has 0 fully saturated rings. The molecule has 6 nitrogen and oxygen atoms in total. The Kier molecular flexibility index (Phi) is 4.29. The van der Waals surface area contributed by atoms with Gasteiger partial charge in [0.15, 0.2) is 0 Å². The van der Waals surface area contributed by atoms with Crippen molar-refractivity contribution in [3.05, 3.63) is 127 Å². The van der Waals surface area contributed by atoms with Crippen LogP contribution < -0.4 is 0 Å². The number of hydrogen-bond acceptors (Lipinski definition) is 4. The zero-order chi connectivity index (χ0) is 19.7. The molecule has 136 valence electrons. The fraction of sp³-hybridized carbons (Fsp3) is 0. The summed E-state index contributed by atoms with van der Waals surface area (Å²) in [7, 11) is 0. The van der Waals surface area contributed by atoms with E-state index in [4.69, 9.17) is 0 Å². The molecule has 0 radical (unpaired) electrons. The van der Waals surface area contributed by atoms with Crippen LogP contribution in [0, 0.1) is 20.2 Å². The van der Waals surface area contributed by atoms with Crippen LogP contribution in [0.5, 0.6) is 0 Å². The van der Waals surface area contributed by atoms with Crippen molar-refractivity contribution in [1.82, 2.24) is 0 Å². The number of benzene rings is 3. The third-order valence-electron chi connectivity index (χ3n) is 4.65. The van der Waals surface area contributed by atoms with Crippen LogP contribution in [0.25, 0.3) is 22.5 Å². The standard InChI is InChI=1S/C22H14N2O4/c25-23(26)21(16-11-5-2-6-12-16)20-17-13-7-8-14-18(17)22(24(27)28)19(20)15-9-3-1-4-10-15/h1-14H/b21-20+. The highest BCUT2D eigenvalue weighted by molar-refractivity contribution is 6.24. The minimum Gasteiger partial charge on any atom is -0.258 e. The molecule has 0 bridgehead atoms. The molecule has 0 aliphatic heterocycles. The summed E-state index contributed by atoms with van der Waals surface area (Å²) in [5.41, 5.74) is 2.11. The highest BCUT2D eigenvalue weighted by Crippen LogP contribution is 2.49. The molecule has 0 N–H and O–H groups in total. The van der Waals surface area contributed by atoms with Gasteiger partial charge < -0.3 is 0 Å². The summed E-state index contributed by atoms with van der Waals surface area (Å²) in [5.74, 6) is 0. The topological polar surface area (TPSA) is 86.3 Å². The van der Waals surface area contributed by atoms with Crippen molar-refractivity contribution in [2.45, 2.75) is 0 Å². The zero-order valence-electron chi connectivity index (χ0n) is 14.6. The highest BCUT2D eigenvalue weighted by atomic mass is 16.6. The second kappa shape index (κ2) is 6.92. The van der Waals surface area contributed by atoms with Gasteiger partial charge in [-0.3, -0.25) is 20.2 Å². The summed E-state index contributed by atoms with van der Waals surface area (Å²) in [6, 6.07) is 24.0. The molecule has 1 aliphatic carbocycles. The summed E-state index contributed by atoms with van der Waals surface area (Å²) >= 11 is 0. The number of nitro groups is 2. The molecule has 1 aliphatic rings. The van der Waals surface area contributed by atoms with Gasteiger partial charge in [0.2, 0.25) is 0 Å². The van der Waals surface area contributed by atoms with Crippen molar-refractivity contribution in [1.29, 1.82) is 0 Å². The lowest BCUT2D eigenvalue weighted by molar-refractivity contribution is -0.375. The summed E-state index contributed by atoms with van der Waals surface area (Å²) in [5, 5.41) is 24.1. The van der Waals surface area contributed by atoms with Gasteiger partial charge in [-0.2, -0.15) is 0 Å². The number of nitrogens with zero attached hydrogens (tertiary/aromatic N) is 2. The van der Waals surface area contributed by atoms with Gasteiger partial charge in [-0.25, -0.2) is 0 Å². The SMILES string of the molecule is O=[N+]([O-])C1=C(c2ccccc2)/C(=C(\c2ccccc2)[N+](=O)[O-])c2ccccc21. The van der Waals surface area contributed by atoms with Gasteiger partial charge in [0.1, 0.15) is 0 Å². The molecule has 4 rings (SSSR count). The van der Waals surface area contributed by atoms with E-state index in [2.05, 4.69) is 0 Å². The maximum Gasteiger partial charge on any atom is 0.285 e. The van der Waals surface area contributed by atoms with Crippen molar-refractivity contribution < 1.29 is 9.85 Å². The van der Waals surface area contributed by atoms with Gasteiger partial charge >= 0.3 is 0 Å². The molecule has 0 heterocycles. The first-order valence-electron chi connectivity index (χ1n) is 8.58. The predicted molar refractivity (Wildman–Crippen MR) is 107 cm³/mol. The Morgan fingerprint density at radius 1 is 0.679 bits per heavy atom. The Balaban J connectivity index is 2.17. The fourth-order valence-electron chi connectivity index (χ4n) is 3.55. The largest absolute Gasteiger partial charge is 0.285 e. The summed E-state index contributed by atoms with van der Waals surface area (Å²) < 4.78 is 0. The van der Waals surface area contributed by atoms with Gasteiger partial charge in [0, 0.05) is 5.56 Å². The Morgan fingerprint density at radius 3 is 1.79 bits per heavy atom. The monoisotopic (exact) mass is 370 g/mol. The first-order chi connectivity index (χ1) is 13.6. The van der Waals surface area contributed by atoms with Crippen molar-refractivity contribution in [3.63, 3.8) is 0 Å². The van der Waals surface area contributed by atoms with E-state index in [0.717, 1.165) is 0 Å². The zero-order valence-corrected chi connectivity index (χ0v) is 14.6. The van der Waals surface area contributed by atoms with E-state index in [1.165, 1.54) is 0 Å². The molecule has 0 spiro atoms. The quantitative estimate of drug-likeness (QED) is 0.478. The lowest BCUT2D eigenvalue weighted by atomic mass is 9.93. The summed E-state index contributed by atoms with van der Waals surface area (Å²) in [6.45, 7) is 0. The third kappa shape index (κ3) is 2.77. The smallest absolute Gasteiger partial charge is 0.258 e. The van der Waals surface area contributed by atoms with Crippen LogP contribution >= 0.6 is 0 Å². The number of allylic oxidation sites excluding steroid dienone is 2. The van der Waals surface area contributed by atoms with Crippen LogP contribution in [-0.4, -0.2) is 9.85 Å². The third-order valence-corrected chi connectivity index (χ3v) is 4.65.